The summed E-state index contributed by atoms with van der Waals surface area (Å²) in [5, 5.41) is 0. The van der Waals surface area contributed by atoms with E-state index in [1.54, 1.807) is 6.92 Å². The van der Waals surface area contributed by atoms with Gasteiger partial charge in [0.05, 0.1) is 7.11 Å². The van der Waals surface area contributed by atoms with E-state index in [4.69, 9.17) is 4.74 Å². The van der Waals surface area contributed by atoms with Crippen molar-refractivity contribution in [2.75, 3.05) is 7.11 Å². The predicted octanol–water partition coefficient (Wildman–Crippen LogP) is 1.85. The molecule has 0 aliphatic carbocycles. The normalized spacial score (nSPS) is 10.4. The van der Waals surface area contributed by atoms with Gasteiger partial charge < -0.3 is 4.74 Å². The van der Waals surface area contributed by atoms with Gasteiger partial charge in [-0.1, -0.05) is 0 Å². The summed E-state index contributed by atoms with van der Waals surface area (Å²) < 4.78 is 28.9. The van der Waals surface area contributed by atoms with Crippen LogP contribution in [0.2, 0.25) is 0 Å². The highest BCUT2D eigenvalue weighted by Crippen LogP contribution is 2.16. The molecule has 3 nitrogen and oxygen atoms in total. The third-order valence-electron chi connectivity index (χ3n) is 1.71. The molecule has 0 bridgehead atoms. The molecule has 0 aliphatic heterocycles. The van der Waals surface area contributed by atoms with Gasteiger partial charge in [-0.2, -0.15) is 0 Å². The van der Waals surface area contributed by atoms with E-state index in [2.05, 4.69) is 4.98 Å². The monoisotopic (exact) mass is 201 g/mol. The fourth-order valence-corrected chi connectivity index (χ4v) is 1.04. The van der Waals surface area contributed by atoms with Crippen LogP contribution in [0.4, 0.5) is 8.78 Å². The first-order chi connectivity index (χ1) is 6.56. The predicted molar refractivity (Wildman–Crippen MR) is 45.9 cm³/mol. The Morgan fingerprint density at radius 3 is 2.64 bits per heavy atom. The minimum atomic E-state index is -3.00. The molecule has 0 amide bonds. The summed E-state index contributed by atoms with van der Waals surface area (Å²) in [6.07, 6.45) is -1.91. The van der Waals surface area contributed by atoms with Crippen molar-refractivity contribution in [3.8, 4) is 5.88 Å². The van der Waals surface area contributed by atoms with E-state index in [0.717, 1.165) is 6.20 Å². The molecule has 1 rings (SSSR count). The Labute approximate surface area is 79.7 Å². The van der Waals surface area contributed by atoms with Gasteiger partial charge in [0.2, 0.25) is 11.7 Å². The Morgan fingerprint density at radius 1 is 1.57 bits per heavy atom. The number of hydrogen-bond acceptors (Lipinski definition) is 3. The Morgan fingerprint density at radius 2 is 2.21 bits per heavy atom. The summed E-state index contributed by atoms with van der Waals surface area (Å²) in [4.78, 5) is 14.6. The topological polar surface area (TPSA) is 39.2 Å². The molecule has 1 aromatic heterocycles. The average molecular weight is 201 g/mol. The molecule has 76 valence electrons. The molecule has 0 saturated heterocycles. The number of methoxy groups -OCH3 is 1. The Hall–Kier alpha value is -1.52. The van der Waals surface area contributed by atoms with Crippen molar-refractivity contribution in [1.29, 1.82) is 0 Å². The minimum Gasteiger partial charge on any atom is -0.481 e. The maximum atomic E-state index is 12.0. The van der Waals surface area contributed by atoms with E-state index in [9.17, 15) is 13.6 Å². The average Bonchev–Trinajstić information content (AvgIpc) is 2.16. The van der Waals surface area contributed by atoms with E-state index in [0.29, 0.717) is 11.4 Å². The number of pyridine rings is 1. The first-order valence-electron chi connectivity index (χ1n) is 3.89. The molecule has 0 unspecified atom stereocenters. The Bertz CT molecular complexity index is 353. The molecule has 0 fully saturated rings. The lowest BCUT2D eigenvalue weighted by Gasteiger charge is -2.04. The van der Waals surface area contributed by atoms with Gasteiger partial charge >= 0.3 is 6.43 Å². The van der Waals surface area contributed by atoms with Gasteiger partial charge in [-0.05, 0) is 13.0 Å². The second-order valence-electron chi connectivity index (χ2n) is 2.72. The molecule has 0 N–H and O–H groups in total. The lowest BCUT2D eigenvalue weighted by molar-refractivity contribution is 0.0678. The number of Topliss-reactive ketones (excluding diaryl/α,β-unsaturated/α-hetero) is 1. The third kappa shape index (κ3) is 2.04. The van der Waals surface area contributed by atoms with E-state index < -0.39 is 12.2 Å². The number of ketones is 1. The maximum Gasteiger partial charge on any atom is 0.300 e. The van der Waals surface area contributed by atoms with Crippen molar-refractivity contribution in [3.05, 3.63) is 23.4 Å². The zero-order valence-electron chi connectivity index (χ0n) is 7.75. The highest BCUT2D eigenvalue weighted by molar-refractivity contribution is 5.98. The van der Waals surface area contributed by atoms with Gasteiger partial charge in [-0.3, -0.25) is 4.79 Å². The van der Waals surface area contributed by atoms with Gasteiger partial charge in [0.1, 0.15) is 0 Å². The Balaban J connectivity index is 3.03. The van der Waals surface area contributed by atoms with Crippen LogP contribution in [0.15, 0.2) is 12.3 Å². The third-order valence-corrected chi connectivity index (χ3v) is 1.71. The van der Waals surface area contributed by atoms with Crippen molar-refractivity contribution in [2.24, 2.45) is 0 Å². The molecule has 0 atom stereocenters. The van der Waals surface area contributed by atoms with E-state index in [1.807, 2.05) is 0 Å². The SMILES string of the molecule is COc1ncc(C(=O)C(F)F)cc1C. The number of aryl methyl sites for hydroxylation is 1. The molecule has 0 aliphatic rings. The van der Waals surface area contributed by atoms with Crippen LogP contribution in [0, 0.1) is 6.92 Å². The molecule has 1 aromatic rings. The van der Waals surface area contributed by atoms with Crippen molar-refractivity contribution in [2.45, 2.75) is 13.3 Å². The highest BCUT2D eigenvalue weighted by atomic mass is 19.3. The van der Waals surface area contributed by atoms with E-state index >= 15 is 0 Å². The molecule has 0 radical (unpaired) electrons. The zero-order valence-corrected chi connectivity index (χ0v) is 7.75. The van der Waals surface area contributed by atoms with E-state index in [-0.39, 0.29) is 5.56 Å². The van der Waals surface area contributed by atoms with Crippen LogP contribution in [0.3, 0.4) is 0 Å². The summed E-state index contributed by atoms with van der Waals surface area (Å²) in [6, 6.07) is 1.33. The van der Waals surface area contributed by atoms with Gasteiger partial charge in [-0.25, -0.2) is 13.8 Å². The number of carbonyl (C=O) groups is 1. The second-order valence-corrected chi connectivity index (χ2v) is 2.72. The summed E-state index contributed by atoms with van der Waals surface area (Å²) in [5.74, 6) is -0.890. The van der Waals surface area contributed by atoms with E-state index in [1.165, 1.54) is 13.2 Å². The summed E-state index contributed by atoms with van der Waals surface area (Å²) in [5.41, 5.74) is 0.456. The fraction of sp³-hybridized carbons (Fsp3) is 0.333. The lowest BCUT2D eigenvalue weighted by Crippen LogP contribution is -2.11. The van der Waals surface area contributed by atoms with Crippen LogP contribution in [-0.4, -0.2) is 24.3 Å². The number of aromatic nitrogens is 1. The standard InChI is InChI=1S/C9H9F2NO2/c1-5-3-6(7(13)8(10)11)4-12-9(5)14-2/h3-4,8H,1-2H3. The van der Waals surface area contributed by atoms with Crippen molar-refractivity contribution in [1.82, 2.24) is 4.98 Å². The van der Waals surface area contributed by atoms with Crippen molar-refractivity contribution >= 4 is 5.78 Å². The molecular formula is C9H9F2NO2. The summed E-state index contributed by atoms with van der Waals surface area (Å²) in [7, 11) is 1.42. The first-order valence-corrected chi connectivity index (χ1v) is 3.89. The Kier molecular flexibility index (Phi) is 3.11. The number of alkyl halides is 2. The van der Waals surface area contributed by atoms with Crippen LogP contribution in [-0.2, 0) is 0 Å². The summed E-state index contributed by atoms with van der Waals surface area (Å²) >= 11 is 0. The fourth-order valence-electron chi connectivity index (χ4n) is 1.04. The van der Waals surface area contributed by atoms with Gasteiger partial charge in [-0.15, -0.1) is 0 Å². The number of halogens is 2. The molecule has 0 aromatic carbocycles. The van der Waals surface area contributed by atoms with Gasteiger partial charge in [0.25, 0.3) is 0 Å². The van der Waals surface area contributed by atoms with Crippen molar-refractivity contribution in [3.63, 3.8) is 0 Å². The van der Waals surface area contributed by atoms with Crippen LogP contribution in [0.25, 0.3) is 0 Å². The maximum absolute atomic E-state index is 12.0. The summed E-state index contributed by atoms with van der Waals surface area (Å²) in [6.45, 7) is 1.63. The first kappa shape index (κ1) is 10.6. The molecule has 14 heavy (non-hydrogen) atoms. The minimum absolute atomic E-state index is 0.0988. The number of nitrogens with zero attached hydrogens (tertiary/aromatic N) is 1. The highest BCUT2D eigenvalue weighted by Gasteiger charge is 2.18. The van der Waals surface area contributed by atoms with Crippen LogP contribution >= 0.6 is 0 Å². The molecule has 5 heteroatoms. The van der Waals surface area contributed by atoms with Crippen LogP contribution < -0.4 is 4.74 Å². The second kappa shape index (κ2) is 4.13. The molecule has 0 saturated carbocycles. The van der Waals surface area contributed by atoms with Gasteiger partial charge in [0.15, 0.2) is 0 Å². The van der Waals surface area contributed by atoms with Crippen LogP contribution in [0.1, 0.15) is 15.9 Å². The number of ether oxygens (including phenoxy) is 1. The molecular weight excluding hydrogens is 192 g/mol. The zero-order chi connectivity index (χ0) is 10.7. The quantitative estimate of drug-likeness (QED) is 0.700. The smallest absolute Gasteiger partial charge is 0.300 e. The van der Waals surface area contributed by atoms with Crippen LogP contribution in [0.5, 0.6) is 5.88 Å². The van der Waals surface area contributed by atoms with Crippen molar-refractivity contribution < 1.29 is 18.3 Å². The molecule has 1 heterocycles. The lowest BCUT2D eigenvalue weighted by atomic mass is 10.1. The number of rotatable bonds is 3. The number of hydrogen-bond donors (Lipinski definition) is 0. The van der Waals surface area contributed by atoms with Gasteiger partial charge in [0, 0.05) is 17.3 Å². The largest absolute Gasteiger partial charge is 0.481 e. The number of carbonyl (C=O) groups excluding carboxylic acids is 1. The molecule has 0 spiro atoms.